The monoisotopic (exact) mass is 623 g/mol. The van der Waals surface area contributed by atoms with Crippen molar-refractivity contribution in [3.63, 3.8) is 0 Å². The molecule has 11 heteroatoms. The van der Waals surface area contributed by atoms with Gasteiger partial charge in [0.2, 0.25) is 0 Å². The fraction of sp³-hybridized carbons (Fsp3) is 0.576. The van der Waals surface area contributed by atoms with Gasteiger partial charge in [-0.05, 0) is 70.2 Å². The number of fused-ring (bicyclic) bond motifs is 1. The molecule has 10 nitrogen and oxygen atoms in total. The highest BCUT2D eigenvalue weighted by atomic mass is 32.2. The number of hydrogen-bond acceptors (Lipinski definition) is 9. The number of anilines is 2. The highest BCUT2D eigenvalue weighted by Gasteiger charge is 2.35. The highest BCUT2D eigenvalue weighted by molar-refractivity contribution is 7.99. The molecule has 3 atom stereocenters. The summed E-state index contributed by atoms with van der Waals surface area (Å²) in [4.78, 5) is 32.9. The van der Waals surface area contributed by atoms with Crippen LogP contribution in [0.3, 0.4) is 0 Å². The van der Waals surface area contributed by atoms with Crippen LogP contribution in [0, 0.1) is 17.2 Å². The van der Waals surface area contributed by atoms with Crippen LogP contribution in [0.2, 0.25) is 0 Å². The number of nitrogens with zero attached hydrogens (tertiary/aromatic N) is 4. The molecule has 44 heavy (non-hydrogen) atoms. The van der Waals surface area contributed by atoms with Gasteiger partial charge in [0.15, 0.2) is 0 Å². The Balaban J connectivity index is 1.54. The molecular formula is C33H45N5O5S. The standard InChI is InChI=1S/C33H45N5O5S/c1-20(2)28-14-25-26(15-34)31(44-13-12-23-8-10-24(11-9-23)35-32(41)43-33(5,6)7)36-30(27(25)19-42-28)37-16-21(3)38(18-29(39)40)22(4)17-37/h8-11,20-22,28H,12-14,16-19H2,1-7H3,(H,35,41)(H,39,40). The van der Waals surface area contributed by atoms with Crippen LogP contribution >= 0.6 is 11.8 Å². The van der Waals surface area contributed by atoms with Crippen molar-refractivity contribution in [3.05, 3.63) is 46.5 Å². The molecule has 3 unspecified atom stereocenters. The molecule has 0 saturated carbocycles. The Kier molecular flexibility index (Phi) is 10.8. The molecule has 1 aromatic carbocycles. The van der Waals surface area contributed by atoms with Crippen molar-refractivity contribution in [3.8, 4) is 6.07 Å². The van der Waals surface area contributed by atoms with Gasteiger partial charge in [-0.2, -0.15) is 5.26 Å². The van der Waals surface area contributed by atoms with Gasteiger partial charge in [-0.1, -0.05) is 26.0 Å². The number of benzene rings is 1. The zero-order valence-electron chi connectivity index (χ0n) is 26.8. The van der Waals surface area contributed by atoms with Crippen molar-refractivity contribution in [2.75, 3.05) is 35.6 Å². The Labute approximate surface area is 265 Å². The van der Waals surface area contributed by atoms with E-state index in [1.807, 2.05) is 49.9 Å². The van der Waals surface area contributed by atoms with E-state index in [0.29, 0.717) is 43.3 Å². The minimum atomic E-state index is -0.827. The van der Waals surface area contributed by atoms with Gasteiger partial charge >= 0.3 is 12.1 Å². The largest absolute Gasteiger partial charge is 0.480 e. The van der Waals surface area contributed by atoms with Crippen LogP contribution in [0.1, 0.15) is 70.7 Å². The third-order valence-electron chi connectivity index (χ3n) is 8.01. The second-order valence-electron chi connectivity index (χ2n) is 13.1. The number of piperazine rings is 1. The first-order valence-electron chi connectivity index (χ1n) is 15.3. The Morgan fingerprint density at radius 2 is 1.84 bits per heavy atom. The number of pyridine rings is 1. The minimum Gasteiger partial charge on any atom is -0.480 e. The molecular weight excluding hydrogens is 578 g/mol. The number of ether oxygens (including phenoxy) is 2. The summed E-state index contributed by atoms with van der Waals surface area (Å²) < 4.78 is 11.6. The van der Waals surface area contributed by atoms with E-state index in [1.165, 1.54) is 0 Å². The Morgan fingerprint density at radius 1 is 1.18 bits per heavy atom. The summed E-state index contributed by atoms with van der Waals surface area (Å²) >= 11 is 1.58. The zero-order valence-corrected chi connectivity index (χ0v) is 27.7. The first-order valence-corrected chi connectivity index (χ1v) is 16.3. The number of carboxylic acid groups (broad SMARTS) is 1. The molecule has 1 fully saturated rings. The van der Waals surface area contributed by atoms with Gasteiger partial charge in [-0.25, -0.2) is 9.78 Å². The summed E-state index contributed by atoms with van der Waals surface area (Å²) in [7, 11) is 0. The predicted octanol–water partition coefficient (Wildman–Crippen LogP) is 5.72. The molecule has 1 saturated heterocycles. The number of aromatic nitrogens is 1. The Morgan fingerprint density at radius 3 is 2.41 bits per heavy atom. The first-order chi connectivity index (χ1) is 20.8. The number of amides is 1. The average molecular weight is 624 g/mol. The normalized spacial score (nSPS) is 20.6. The van der Waals surface area contributed by atoms with Crippen LogP contribution in [0.25, 0.3) is 0 Å². The van der Waals surface area contributed by atoms with Gasteiger partial charge < -0.3 is 19.5 Å². The molecule has 4 rings (SSSR count). The third-order valence-corrected chi connectivity index (χ3v) is 8.98. The summed E-state index contributed by atoms with van der Waals surface area (Å²) in [5.41, 5.74) is 3.83. The molecule has 0 spiro atoms. The maximum atomic E-state index is 12.1. The van der Waals surface area contributed by atoms with Crippen molar-refractivity contribution in [2.45, 2.75) is 96.7 Å². The summed E-state index contributed by atoms with van der Waals surface area (Å²) in [6, 6.07) is 10.2. The molecule has 2 aliphatic heterocycles. The van der Waals surface area contributed by atoms with E-state index in [1.54, 1.807) is 11.8 Å². The smallest absolute Gasteiger partial charge is 0.412 e. The highest BCUT2D eigenvalue weighted by Crippen LogP contribution is 2.38. The fourth-order valence-corrected chi connectivity index (χ4v) is 6.81. The van der Waals surface area contributed by atoms with E-state index in [-0.39, 0.29) is 24.7 Å². The van der Waals surface area contributed by atoms with Gasteiger partial charge in [0.25, 0.3) is 0 Å². The van der Waals surface area contributed by atoms with Crippen molar-refractivity contribution in [1.82, 2.24) is 9.88 Å². The van der Waals surface area contributed by atoms with Crippen molar-refractivity contribution >= 4 is 35.3 Å². The van der Waals surface area contributed by atoms with Gasteiger partial charge in [0.05, 0.1) is 24.8 Å². The van der Waals surface area contributed by atoms with E-state index in [9.17, 15) is 20.0 Å². The van der Waals surface area contributed by atoms with Crippen molar-refractivity contribution < 1.29 is 24.2 Å². The lowest BCUT2D eigenvalue weighted by molar-refractivity contribution is -0.139. The molecule has 0 radical (unpaired) electrons. The maximum Gasteiger partial charge on any atom is 0.412 e. The first kappa shape index (κ1) is 33.6. The number of carboxylic acids is 1. The SMILES string of the molecule is CC(C)C1Cc2c(C#N)c(SCCc3ccc(NC(=O)OC(C)(C)C)cc3)nc(N3CC(C)N(CC(=O)O)C(C)C3)c2CO1. The van der Waals surface area contributed by atoms with Gasteiger partial charge in [0.1, 0.15) is 22.5 Å². The summed E-state index contributed by atoms with van der Waals surface area (Å²) in [6.45, 7) is 15.6. The van der Waals surface area contributed by atoms with Crippen LogP contribution < -0.4 is 10.2 Å². The molecule has 1 aromatic heterocycles. The quantitative estimate of drug-likeness (QED) is 0.335. The molecule has 3 heterocycles. The summed E-state index contributed by atoms with van der Waals surface area (Å²) in [5.74, 6) is 1.05. The van der Waals surface area contributed by atoms with Crippen molar-refractivity contribution in [2.24, 2.45) is 5.92 Å². The number of thioether (sulfide) groups is 1. The van der Waals surface area contributed by atoms with Gasteiger partial charge in [0, 0.05) is 48.6 Å². The lowest BCUT2D eigenvalue weighted by atomic mass is 9.90. The molecule has 0 bridgehead atoms. The number of nitriles is 1. The van der Waals surface area contributed by atoms with E-state index in [4.69, 9.17) is 14.5 Å². The molecule has 2 aliphatic rings. The van der Waals surface area contributed by atoms with Crippen LogP contribution in [0.4, 0.5) is 16.3 Å². The third kappa shape index (κ3) is 8.43. The van der Waals surface area contributed by atoms with Crippen LogP contribution in [-0.4, -0.2) is 76.2 Å². The van der Waals surface area contributed by atoms with Crippen LogP contribution in [0.15, 0.2) is 29.3 Å². The Hall–Kier alpha value is -3.33. The van der Waals surface area contributed by atoms with Crippen LogP contribution in [-0.2, 0) is 33.7 Å². The van der Waals surface area contributed by atoms with Gasteiger partial charge in [-0.15, -0.1) is 11.8 Å². The van der Waals surface area contributed by atoms with E-state index in [2.05, 4.69) is 44.0 Å². The summed E-state index contributed by atoms with van der Waals surface area (Å²) in [6.07, 6.45) is 0.961. The fourth-order valence-electron chi connectivity index (χ4n) is 5.81. The minimum absolute atomic E-state index is 0.00735. The number of nitrogens with one attached hydrogen (secondary N) is 1. The number of hydrogen-bond donors (Lipinski definition) is 2. The van der Waals surface area contributed by atoms with Gasteiger partial charge in [-0.3, -0.25) is 15.0 Å². The molecule has 2 aromatic rings. The topological polar surface area (TPSA) is 128 Å². The molecule has 0 aliphatic carbocycles. The second kappa shape index (κ2) is 14.2. The van der Waals surface area contributed by atoms with Crippen LogP contribution in [0.5, 0.6) is 0 Å². The van der Waals surface area contributed by atoms with E-state index < -0.39 is 17.7 Å². The molecule has 2 N–H and O–H groups in total. The second-order valence-corrected chi connectivity index (χ2v) is 14.2. The lowest BCUT2D eigenvalue weighted by Crippen LogP contribution is -2.58. The van der Waals surface area contributed by atoms with Crippen molar-refractivity contribution in [1.29, 1.82) is 5.26 Å². The zero-order chi connectivity index (χ0) is 32.2. The summed E-state index contributed by atoms with van der Waals surface area (Å²) in [5, 5.41) is 23.2. The van der Waals surface area contributed by atoms with E-state index in [0.717, 1.165) is 39.7 Å². The lowest BCUT2D eigenvalue weighted by Gasteiger charge is -2.45. The molecule has 238 valence electrons. The number of aryl methyl sites for hydroxylation is 1. The number of aliphatic carboxylic acids is 1. The molecule has 1 amide bonds. The van der Waals surface area contributed by atoms with E-state index >= 15 is 0 Å². The predicted molar refractivity (Wildman–Crippen MR) is 172 cm³/mol. The maximum absolute atomic E-state index is 12.1. The number of carbonyl (C=O) groups is 2. The number of carbonyl (C=O) groups excluding carboxylic acids is 1. The number of rotatable bonds is 9. The average Bonchev–Trinajstić information content (AvgIpc) is 2.93. The Bertz CT molecular complexity index is 1370.